The van der Waals surface area contributed by atoms with Crippen LogP contribution in [0.3, 0.4) is 0 Å². The van der Waals surface area contributed by atoms with Crippen molar-refractivity contribution in [3.63, 3.8) is 0 Å². The number of ether oxygens (including phenoxy) is 2. The van der Waals surface area contributed by atoms with Crippen LogP contribution in [0.4, 0.5) is 0 Å². The minimum Gasteiger partial charge on any atom is -0.485 e. The van der Waals surface area contributed by atoms with E-state index in [4.69, 9.17) is 9.47 Å². The van der Waals surface area contributed by atoms with E-state index < -0.39 is 5.97 Å². The fourth-order valence-electron chi connectivity index (χ4n) is 1.22. The number of carbonyl (C=O) groups is 1. The Bertz CT molecular complexity index is 358. The lowest BCUT2D eigenvalue weighted by Gasteiger charge is -2.03. The van der Waals surface area contributed by atoms with E-state index in [-0.39, 0.29) is 0 Å². The molecule has 0 atom stereocenters. The maximum atomic E-state index is 10.9. The third-order valence-corrected chi connectivity index (χ3v) is 1.81. The maximum Gasteiger partial charge on any atom is 0.335 e. The molecule has 0 radical (unpaired) electrons. The van der Waals surface area contributed by atoms with Crippen molar-refractivity contribution in [2.24, 2.45) is 0 Å². The molecule has 3 heteroatoms. The van der Waals surface area contributed by atoms with E-state index in [1.54, 1.807) is 6.08 Å². The number of carbonyl (C=O) groups excluding carboxylic acids is 1. The van der Waals surface area contributed by atoms with Crippen LogP contribution in [0.2, 0.25) is 0 Å². The van der Waals surface area contributed by atoms with E-state index >= 15 is 0 Å². The average Bonchev–Trinajstić information content (AvgIpc) is 2.69. The molecule has 0 aromatic heterocycles. The Kier molecular flexibility index (Phi) is 1.77. The first kappa shape index (κ1) is 7.86. The number of hydrogen-bond acceptors (Lipinski definition) is 3. The van der Waals surface area contributed by atoms with E-state index in [9.17, 15) is 4.79 Å². The monoisotopic (exact) mass is 176 g/mol. The van der Waals surface area contributed by atoms with Gasteiger partial charge in [-0.3, -0.25) is 0 Å². The summed E-state index contributed by atoms with van der Waals surface area (Å²) in [5.41, 5.74) is 0.979. The van der Waals surface area contributed by atoms with Gasteiger partial charge in [-0.2, -0.15) is 0 Å². The van der Waals surface area contributed by atoms with Crippen LogP contribution in [-0.4, -0.2) is 12.6 Å². The minimum absolute atomic E-state index is 0.466. The number of fused-ring (bicyclic) bond motifs is 1. The van der Waals surface area contributed by atoms with Gasteiger partial charge in [-0.15, -0.1) is 0 Å². The van der Waals surface area contributed by atoms with E-state index in [0.717, 1.165) is 11.6 Å². The second kappa shape index (κ2) is 2.94. The second-order valence-electron chi connectivity index (χ2n) is 2.62. The van der Waals surface area contributed by atoms with Crippen LogP contribution in [0, 0.1) is 0 Å². The Morgan fingerprint density at radius 1 is 1.62 bits per heavy atom. The van der Waals surface area contributed by atoms with Crippen LogP contribution in [0.5, 0.6) is 0 Å². The van der Waals surface area contributed by atoms with Gasteiger partial charge in [0, 0.05) is 11.6 Å². The van der Waals surface area contributed by atoms with Crippen LogP contribution < -0.4 is 0 Å². The molecule has 1 aliphatic carbocycles. The van der Waals surface area contributed by atoms with Gasteiger partial charge in [0.1, 0.15) is 6.61 Å². The summed E-state index contributed by atoms with van der Waals surface area (Å²) >= 11 is 0. The lowest BCUT2D eigenvalue weighted by molar-refractivity contribution is -0.133. The zero-order valence-corrected chi connectivity index (χ0v) is 6.95. The standard InChI is InChI=1S/C10H8O3/c1-2-9(11)13-8-4-3-7-5-6-12-10(7)8/h2-5H,1,6H2. The number of hydrogen-bond donors (Lipinski definition) is 0. The summed E-state index contributed by atoms with van der Waals surface area (Å²) in [6.45, 7) is 3.86. The first-order valence-corrected chi connectivity index (χ1v) is 3.91. The van der Waals surface area contributed by atoms with Gasteiger partial charge in [0.25, 0.3) is 0 Å². The molecule has 0 aromatic rings. The van der Waals surface area contributed by atoms with Gasteiger partial charge in [0.15, 0.2) is 11.5 Å². The zero-order chi connectivity index (χ0) is 9.26. The van der Waals surface area contributed by atoms with Crippen molar-refractivity contribution < 1.29 is 14.3 Å². The van der Waals surface area contributed by atoms with E-state index in [2.05, 4.69) is 6.58 Å². The first-order valence-electron chi connectivity index (χ1n) is 3.91. The van der Waals surface area contributed by atoms with Gasteiger partial charge >= 0.3 is 5.97 Å². The fourth-order valence-corrected chi connectivity index (χ4v) is 1.22. The van der Waals surface area contributed by atoms with Gasteiger partial charge in [0.2, 0.25) is 0 Å². The lowest BCUT2D eigenvalue weighted by atomic mass is 10.3. The molecule has 0 fully saturated rings. The summed E-state index contributed by atoms with van der Waals surface area (Å²) in [6, 6.07) is 0. The molecule has 66 valence electrons. The highest BCUT2D eigenvalue weighted by Gasteiger charge is 2.22. The van der Waals surface area contributed by atoms with Crippen LogP contribution >= 0.6 is 0 Å². The third kappa shape index (κ3) is 1.28. The average molecular weight is 176 g/mol. The molecule has 0 aromatic carbocycles. The van der Waals surface area contributed by atoms with Crippen molar-refractivity contribution in [1.29, 1.82) is 0 Å². The van der Waals surface area contributed by atoms with Gasteiger partial charge in [-0.1, -0.05) is 6.58 Å². The van der Waals surface area contributed by atoms with Gasteiger partial charge in [-0.25, -0.2) is 4.79 Å². The van der Waals surface area contributed by atoms with Gasteiger partial charge in [-0.05, 0) is 18.2 Å². The number of esters is 1. The highest BCUT2D eigenvalue weighted by atomic mass is 16.6. The van der Waals surface area contributed by atoms with Crippen molar-refractivity contribution in [2.45, 2.75) is 0 Å². The smallest absolute Gasteiger partial charge is 0.335 e. The fraction of sp³-hybridized carbons (Fsp3) is 0.100. The summed E-state index contributed by atoms with van der Waals surface area (Å²) in [5.74, 6) is 0.646. The molecular formula is C10H8O3. The summed E-state index contributed by atoms with van der Waals surface area (Å²) in [6.07, 6.45) is 6.62. The Balaban J connectivity index is 2.21. The van der Waals surface area contributed by atoms with Crippen molar-refractivity contribution in [1.82, 2.24) is 0 Å². The summed E-state index contributed by atoms with van der Waals surface area (Å²) in [5, 5.41) is 0. The Morgan fingerprint density at radius 2 is 2.46 bits per heavy atom. The second-order valence-corrected chi connectivity index (χ2v) is 2.62. The lowest BCUT2D eigenvalue weighted by Crippen LogP contribution is -2.00. The third-order valence-electron chi connectivity index (χ3n) is 1.81. The minimum atomic E-state index is -0.469. The molecule has 0 bridgehead atoms. The summed E-state index contributed by atoms with van der Waals surface area (Å²) in [4.78, 5) is 10.9. The Hall–Kier alpha value is -1.77. The molecule has 2 rings (SSSR count). The van der Waals surface area contributed by atoms with Crippen LogP contribution in [0.1, 0.15) is 0 Å². The van der Waals surface area contributed by atoms with E-state index in [1.165, 1.54) is 0 Å². The molecule has 1 aliphatic heterocycles. The highest BCUT2D eigenvalue weighted by molar-refractivity contribution is 5.82. The molecule has 0 amide bonds. The molecule has 0 unspecified atom stereocenters. The maximum absolute atomic E-state index is 10.9. The molecule has 1 heterocycles. The molecule has 0 N–H and O–H groups in total. The molecule has 2 aliphatic rings. The highest BCUT2D eigenvalue weighted by Crippen LogP contribution is 2.30. The van der Waals surface area contributed by atoms with Gasteiger partial charge in [0.05, 0.1) is 0 Å². The van der Waals surface area contributed by atoms with E-state index in [1.807, 2.05) is 12.2 Å². The largest absolute Gasteiger partial charge is 0.485 e. The molecule has 0 spiro atoms. The Morgan fingerprint density at radius 3 is 3.23 bits per heavy atom. The number of allylic oxidation sites excluding steroid dienone is 2. The SMILES string of the molecule is C=CC(=O)OC1=C2OCC=C2C=C1. The van der Waals surface area contributed by atoms with Crippen molar-refractivity contribution in [2.75, 3.05) is 6.61 Å². The normalized spacial score (nSPS) is 18.0. The zero-order valence-electron chi connectivity index (χ0n) is 6.95. The van der Waals surface area contributed by atoms with Crippen LogP contribution in [-0.2, 0) is 14.3 Å². The topological polar surface area (TPSA) is 35.5 Å². The molecule has 0 saturated carbocycles. The van der Waals surface area contributed by atoms with E-state index in [0.29, 0.717) is 18.1 Å². The molecule has 3 nitrogen and oxygen atoms in total. The van der Waals surface area contributed by atoms with Gasteiger partial charge < -0.3 is 9.47 Å². The summed E-state index contributed by atoms with van der Waals surface area (Å²) in [7, 11) is 0. The predicted molar refractivity (Wildman–Crippen MR) is 46.5 cm³/mol. The van der Waals surface area contributed by atoms with Crippen molar-refractivity contribution in [3.8, 4) is 0 Å². The number of rotatable bonds is 2. The quantitative estimate of drug-likeness (QED) is 0.472. The van der Waals surface area contributed by atoms with Crippen LogP contribution in [0.25, 0.3) is 0 Å². The van der Waals surface area contributed by atoms with Crippen LogP contribution in [0.15, 0.2) is 48.0 Å². The summed E-state index contributed by atoms with van der Waals surface area (Å²) < 4.78 is 10.2. The molecule has 13 heavy (non-hydrogen) atoms. The van der Waals surface area contributed by atoms with Crippen molar-refractivity contribution in [3.05, 3.63) is 48.0 Å². The molecule has 0 saturated heterocycles. The van der Waals surface area contributed by atoms with Crippen molar-refractivity contribution >= 4 is 5.97 Å². The molecular weight excluding hydrogens is 168 g/mol. The Labute approximate surface area is 75.6 Å². The first-order chi connectivity index (χ1) is 6.31. The predicted octanol–water partition coefficient (Wildman–Crippen LogP) is 1.45.